The first-order chi connectivity index (χ1) is 23.1. The first-order valence-corrected chi connectivity index (χ1v) is 17.8. The van der Waals surface area contributed by atoms with Crippen LogP contribution in [-0.2, 0) is 9.53 Å². The Bertz CT molecular complexity index is 1280. The summed E-state index contributed by atoms with van der Waals surface area (Å²) in [5.41, 5.74) is 1.62. The normalized spacial score (nSPS) is 23.0. The van der Waals surface area contributed by atoms with Gasteiger partial charge >= 0.3 is 24.2 Å². The minimum atomic E-state index is -5.08. The van der Waals surface area contributed by atoms with E-state index in [9.17, 15) is 22.8 Å². The number of carbonyl (C=O) groups is 3. The quantitative estimate of drug-likeness (QED) is 0.328. The highest BCUT2D eigenvalue weighted by molar-refractivity contribution is 5.96. The highest BCUT2D eigenvalue weighted by Gasteiger charge is 2.51. The van der Waals surface area contributed by atoms with E-state index in [1.165, 1.54) is 44.9 Å². The first-order valence-electron chi connectivity index (χ1n) is 17.8. The zero-order chi connectivity index (χ0) is 36.0. The van der Waals surface area contributed by atoms with Crippen LogP contribution in [0, 0.1) is 25.7 Å². The van der Waals surface area contributed by atoms with Crippen LogP contribution in [0.2, 0.25) is 0 Å². The molecule has 0 aromatic carbocycles. The molecule has 276 valence electrons. The van der Waals surface area contributed by atoms with Gasteiger partial charge in [0.2, 0.25) is 0 Å². The Balaban J connectivity index is 0.000000698. The molecule has 1 saturated carbocycles. The summed E-state index contributed by atoms with van der Waals surface area (Å²) >= 11 is 0. The average molecular weight is 698 g/mol. The fraction of sp³-hybridized carbons (Fsp3) is 0.800. The Morgan fingerprint density at radius 1 is 1.00 bits per heavy atom. The van der Waals surface area contributed by atoms with Gasteiger partial charge in [-0.15, -0.1) is 0 Å². The first kappa shape index (κ1) is 38.6. The van der Waals surface area contributed by atoms with Crippen LogP contribution in [0.15, 0.2) is 0 Å². The highest BCUT2D eigenvalue weighted by atomic mass is 19.4. The molecule has 14 heteroatoms. The van der Waals surface area contributed by atoms with Crippen LogP contribution in [0.1, 0.15) is 113 Å². The summed E-state index contributed by atoms with van der Waals surface area (Å²) in [4.78, 5) is 51.0. The molecule has 1 atom stereocenters. The molecule has 5 rings (SSSR count). The number of hydrogen-bond donors (Lipinski definition) is 1. The molecule has 1 spiro atoms. The molecule has 49 heavy (non-hydrogen) atoms. The summed E-state index contributed by atoms with van der Waals surface area (Å²) in [6.07, 6.45) is 8.42. The van der Waals surface area contributed by atoms with Crippen molar-refractivity contribution in [3.63, 3.8) is 0 Å². The molecule has 4 fully saturated rings. The third-order valence-electron chi connectivity index (χ3n) is 11.2. The van der Waals surface area contributed by atoms with Crippen molar-refractivity contribution in [1.29, 1.82) is 0 Å². The van der Waals surface area contributed by atoms with Gasteiger partial charge in [0, 0.05) is 63.6 Å². The lowest BCUT2D eigenvalue weighted by atomic mass is 9.74. The van der Waals surface area contributed by atoms with Gasteiger partial charge in [-0.1, -0.05) is 39.0 Å². The SMILES string of the molecule is CCCCC1CN(CC2CCCCC2)C(=O)OC12CCN(C1(C)CCN(C(=O)c3c(C)nc(OC)nc3C)CC1)CC2.O=C(O)C(F)(F)F. The Morgan fingerprint density at radius 3 is 2.08 bits per heavy atom. The maximum Gasteiger partial charge on any atom is 0.490 e. The fourth-order valence-electron chi connectivity index (χ4n) is 8.15. The van der Waals surface area contributed by atoms with Crippen LogP contribution in [0.4, 0.5) is 18.0 Å². The maximum atomic E-state index is 13.5. The molecule has 2 amide bonds. The third kappa shape index (κ3) is 9.35. The fourth-order valence-corrected chi connectivity index (χ4v) is 8.15. The largest absolute Gasteiger partial charge is 0.490 e. The third-order valence-corrected chi connectivity index (χ3v) is 11.2. The average Bonchev–Trinajstić information content (AvgIpc) is 3.06. The number of amides is 2. The molecule has 1 unspecified atom stereocenters. The van der Waals surface area contributed by atoms with Crippen molar-refractivity contribution < 1.29 is 42.1 Å². The van der Waals surface area contributed by atoms with Gasteiger partial charge in [-0.3, -0.25) is 9.69 Å². The Morgan fingerprint density at radius 2 is 1.57 bits per heavy atom. The molecule has 1 aromatic rings. The second kappa shape index (κ2) is 16.2. The van der Waals surface area contributed by atoms with E-state index in [-0.39, 0.29) is 23.1 Å². The molecule has 0 bridgehead atoms. The monoisotopic (exact) mass is 697 g/mol. The summed E-state index contributed by atoms with van der Waals surface area (Å²) in [7, 11) is 1.54. The van der Waals surface area contributed by atoms with Gasteiger partial charge < -0.3 is 24.4 Å². The van der Waals surface area contributed by atoms with Crippen molar-refractivity contribution in [1.82, 2.24) is 24.7 Å². The standard InChI is InChI=1S/C33H53N5O4.C2HF3O2/c1-6-7-13-27-23-37(22-26-11-9-8-10-12-26)31(40)42-33(27)16-20-38(21-17-33)32(4)14-18-36(19-15-32)29(39)28-24(2)34-30(41-5)35-25(28)3;3-2(4,5)1(6)7/h26-27H,6-23H2,1-5H3;(H,6,7). The second-order valence-electron chi connectivity index (χ2n) is 14.5. The summed E-state index contributed by atoms with van der Waals surface area (Å²) < 4.78 is 43.4. The predicted octanol–water partition coefficient (Wildman–Crippen LogP) is 6.40. The second-order valence-corrected chi connectivity index (χ2v) is 14.5. The van der Waals surface area contributed by atoms with E-state index in [4.69, 9.17) is 19.4 Å². The zero-order valence-corrected chi connectivity index (χ0v) is 29.7. The number of unbranched alkanes of at least 4 members (excludes halogenated alkanes) is 1. The summed E-state index contributed by atoms with van der Waals surface area (Å²) in [6.45, 7) is 13.3. The Hall–Kier alpha value is -3.16. The predicted molar refractivity (Wildman–Crippen MR) is 176 cm³/mol. The van der Waals surface area contributed by atoms with Crippen LogP contribution in [-0.4, -0.2) is 111 Å². The maximum absolute atomic E-state index is 13.5. The number of ether oxygens (including phenoxy) is 2. The number of alkyl halides is 3. The van der Waals surface area contributed by atoms with E-state index >= 15 is 0 Å². The molecule has 4 heterocycles. The number of likely N-dealkylation sites (tertiary alicyclic amines) is 2. The number of methoxy groups -OCH3 is 1. The van der Waals surface area contributed by atoms with E-state index in [2.05, 4.69) is 33.6 Å². The minimum Gasteiger partial charge on any atom is -0.475 e. The lowest BCUT2D eigenvalue weighted by Gasteiger charge is -2.55. The van der Waals surface area contributed by atoms with Crippen molar-refractivity contribution >= 4 is 18.0 Å². The van der Waals surface area contributed by atoms with Crippen molar-refractivity contribution in [3.8, 4) is 6.01 Å². The van der Waals surface area contributed by atoms with E-state index in [0.717, 1.165) is 58.3 Å². The number of hydrogen-bond acceptors (Lipinski definition) is 8. The topological polar surface area (TPSA) is 125 Å². The van der Waals surface area contributed by atoms with Gasteiger partial charge in [0.05, 0.1) is 24.1 Å². The van der Waals surface area contributed by atoms with Gasteiger partial charge in [-0.25, -0.2) is 9.59 Å². The number of piperidine rings is 2. The number of aromatic nitrogens is 2. The smallest absolute Gasteiger partial charge is 0.475 e. The van der Waals surface area contributed by atoms with Gasteiger partial charge in [0.1, 0.15) is 5.60 Å². The Labute approximate surface area is 287 Å². The number of carboxylic acid groups (broad SMARTS) is 1. The molecule has 11 nitrogen and oxygen atoms in total. The Kier molecular flexibility index (Phi) is 12.8. The molecular weight excluding hydrogens is 643 g/mol. The summed E-state index contributed by atoms with van der Waals surface area (Å²) in [5.74, 6) is -1.70. The van der Waals surface area contributed by atoms with Crippen LogP contribution in [0.25, 0.3) is 0 Å². The van der Waals surface area contributed by atoms with Crippen molar-refractivity contribution in [2.24, 2.45) is 11.8 Å². The highest BCUT2D eigenvalue weighted by Crippen LogP contribution is 2.44. The van der Waals surface area contributed by atoms with Crippen LogP contribution < -0.4 is 4.74 Å². The molecular formula is C35H54F3N5O6. The minimum absolute atomic E-state index is 0.0120. The van der Waals surface area contributed by atoms with E-state index in [1.807, 2.05) is 18.7 Å². The number of halogens is 3. The van der Waals surface area contributed by atoms with Crippen LogP contribution in [0.5, 0.6) is 6.01 Å². The lowest BCUT2D eigenvalue weighted by molar-refractivity contribution is -0.192. The van der Waals surface area contributed by atoms with Crippen LogP contribution >= 0.6 is 0 Å². The summed E-state index contributed by atoms with van der Waals surface area (Å²) in [6, 6.07) is 0.299. The number of rotatable bonds is 8. The zero-order valence-electron chi connectivity index (χ0n) is 29.7. The number of nitrogens with zero attached hydrogens (tertiary/aromatic N) is 5. The molecule has 1 aromatic heterocycles. The molecule has 4 aliphatic rings. The van der Waals surface area contributed by atoms with Gasteiger partial charge in [-0.2, -0.15) is 23.1 Å². The number of aryl methyl sites for hydroxylation is 2. The molecule has 3 saturated heterocycles. The van der Waals surface area contributed by atoms with Crippen molar-refractivity contribution in [3.05, 3.63) is 17.0 Å². The van der Waals surface area contributed by atoms with E-state index in [1.54, 1.807) is 7.11 Å². The van der Waals surface area contributed by atoms with Crippen molar-refractivity contribution in [2.75, 3.05) is 46.4 Å². The number of aliphatic carboxylic acids is 1. The van der Waals surface area contributed by atoms with Crippen LogP contribution in [0.3, 0.4) is 0 Å². The number of carbonyl (C=O) groups excluding carboxylic acids is 2. The van der Waals surface area contributed by atoms with Gasteiger partial charge in [0.25, 0.3) is 5.91 Å². The summed E-state index contributed by atoms with van der Waals surface area (Å²) in [5, 5.41) is 7.12. The van der Waals surface area contributed by atoms with Crippen molar-refractivity contribution in [2.45, 2.75) is 122 Å². The van der Waals surface area contributed by atoms with E-state index < -0.39 is 12.1 Å². The molecule has 1 aliphatic carbocycles. The lowest BCUT2D eigenvalue weighted by Crippen LogP contribution is -2.63. The van der Waals surface area contributed by atoms with Gasteiger partial charge in [0.15, 0.2) is 0 Å². The molecule has 1 N–H and O–H groups in total. The molecule has 0 radical (unpaired) electrons. The van der Waals surface area contributed by atoms with E-state index in [0.29, 0.717) is 47.9 Å². The molecule has 3 aliphatic heterocycles. The number of carboxylic acids is 1. The van der Waals surface area contributed by atoms with Gasteiger partial charge in [-0.05, 0) is 58.8 Å².